The van der Waals surface area contributed by atoms with Crippen LogP contribution in [0.25, 0.3) is 11.3 Å². The van der Waals surface area contributed by atoms with Gasteiger partial charge in [0.15, 0.2) is 5.69 Å². The molecule has 0 bridgehead atoms. The van der Waals surface area contributed by atoms with Crippen molar-refractivity contribution < 1.29 is 8.91 Å². The molecule has 3 aromatic rings. The van der Waals surface area contributed by atoms with Crippen LogP contribution in [0.15, 0.2) is 36.7 Å². The molecule has 0 aliphatic carbocycles. The molecule has 2 aromatic heterocycles. The van der Waals surface area contributed by atoms with Gasteiger partial charge in [-0.2, -0.15) is 10.2 Å². The lowest BCUT2D eigenvalue weighted by atomic mass is 9.99. The molecule has 8 heteroatoms. The molecular formula is C20H23N7O. The first-order chi connectivity index (χ1) is 14.6. The van der Waals surface area contributed by atoms with Gasteiger partial charge >= 0.3 is 0 Å². The van der Waals surface area contributed by atoms with Crippen LogP contribution in [-0.4, -0.2) is 39.9 Å². The first-order valence-corrected chi connectivity index (χ1v) is 8.98. The second kappa shape index (κ2) is 6.95. The SMILES string of the molecule is [2H]C([2H])([2H])NC(=O)c1nnccc1Nc1cccc2c1N(C)Cc1cn(C(C)C)nc1-2. The molecule has 1 aliphatic heterocycles. The van der Waals surface area contributed by atoms with Crippen molar-refractivity contribution in [3.63, 3.8) is 0 Å². The Labute approximate surface area is 167 Å². The molecule has 3 heterocycles. The fourth-order valence-corrected chi connectivity index (χ4v) is 3.42. The number of amides is 1. The summed E-state index contributed by atoms with van der Waals surface area (Å²) in [6.07, 6.45) is 3.51. The van der Waals surface area contributed by atoms with Gasteiger partial charge < -0.3 is 15.5 Å². The normalized spacial score (nSPS) is 14.6. The van der Waals surface area contributed by atoms with Gasteiger partial charge in [-0.25, -0.2) is 0 Å². The minimum absolute atomic E-state index is 0.0977. The van der Waals surface area contributed by atoms with Crippen molar-refractivity contribution in [1.29, 1.82) is 0 Å². The highest BCUT2D eigenvalue weighted by Gasteiger charge is 2.26. The number of hydrogen-bond donors (Lipinski definition) is 2. The number of nitrogens with zero attached hydrogens (tertiary/aromatic N) is 5. The second-order valence-electron chi connectivity index (χ2n) is 7.01. The third-order valence-electron chi connectivity index (χ3n) is 4.74. The number of anilines is 3. The maximum absolute atomic E-state index is 12.4. The van der Waals surface area contributed by atoms with Gasteiger partial charge in [0.1, 0.15) is 0 Å². The number of nitrogens with one attached hydrogen (secondary N) is 2. The smallest absolute Gasteiger partial charge is 0.273 e. The van der Waals surface area contributed by atoms with Gasteiger partial charge in [0, 0.05) is 48.0 Å². The van der Waals surface area contributed by atoms with Crippen molar-refractivity contribution in [2.24, 2.45) is 0 Å². The molecule has 0 unspecified atom stereocenters. The minimum atomic E-state index is -2.62. The van der Waals surface area contributed by atoms with Crippen molar-refractivity contribution in [3.05, 3.63) is 47.9 Å². The Hall–Kier alpha value is -3.42. The number of benzene rings is 1. The van der Waals surface area contributed by atoms with E-state index < -0.39 is 12.9 Å². The van der Waals surface area contributed by atoms with Crippen LogP contribution in [0.5, 0.6) is 0 Å². The van der Waals surface area contributed by atoms with Crippen molar-refractivity contribution in [2.75, 3.05) is 24.2 Å². The minimum Gasteiger partial charge on any atom is -0.368 e. The molecule has 8 nitrogen and oxygen atoms in total. The fourth-order valence-electron chi connectivity index (χ4n) is 3.42. The summed E-state index contributed by atoms with van der Waals surface area (Å²) >= 11 is 0. The highest BCUT2D eigenvalue weighted by Crippen LogP contribution is 2.43. The lowest BCUT2D eigenvalue weighted by Gasteiger charge is -2.29. The Balaban J connectivity index is 1.74. The Morgan fingerprint density at radius 3 is 2.93 bits per heavy atom. The summed E-state index contributed by atoms with van der Waals surface area (Å²) in [5.41, 5.74) is 4.99. The van der Waals surface area contributed by atoms with Gasteiger partial charge in [0.05, 0.1) is 29.0 Å². The fraction of sp³-hybridized carbons (Fsp3) is 0.300. The van der Waals surface area contributed by atoms with Gasteiger partial charge in [-0.05, 0) is 26.0 Å². The summed E-state index contributed by atoms with van der Waals surface area (Å²) in [5.74, 6) is -0.827. The Morgan fingerprint density at radius 2 is 2.14 bits per heavy atom. The van der Waals surface area contributed by atoms with Gasteiger partial charge in [-0.1, -0.05) is 12.1 Å². The van der Waals surface area contributed by atoms with Crippen LogP contribution in [0.3, 0.4) is 0 Å². The average Bonchev–Trinajstić information content (AvgIpc) is 3.12. The largest absolute Gasteiger partial charge is 0.368 e. The van der Waals surface area contributed by atoms with Gasteiger partial charge in [0.2, 0.25) is 0 Å². The average molecular weight is 380 g/mol. The van der Waals surface area contributed by atoms with Crippen LogP contribution in [0.2, 0.25) is 0 Å². The van der Waals surface area contributed by atoms with E-state index >= 15 is 0 Å². The van der Waals surface area contributed by atoms with Crippen molar-refractivity contribution in [1.82, 2.24) is 25.3 Å². The maximum Gasteiger partial charge on any atom is 0.273 e. The van der Waals surface area contributed by atoms with Gasteiger partial charge in [0.25, 0.3) is 5.91 Å². The summed E-state index contributed by atoms with van der Waals surface area (Å²) < 4.78 is 23.8. The summed E-state index contributed by atoms with van der Waals surface area (Å²) in [6, 6.07) is 7.66. The highest BCUT2D eigenvalue weighted by molar-refractivity contribution is 5.99. The van der Waals surface area contributed by atoms with Crippen LogP contribution >= 0.6 is 0 Å². The Morgan fingerprint density at radius 1 is 1.29 bits per heavy atom. The summed E-state index contributed by atoms with van der Waals surface area (Å²) in [7, 11) is 1.99. The molecule has 0 saturated heterocycles. The zero-order valence-corrected chi connectivity index (χ0v) is 15.9. The molecule has 2 N–H and O–H groups in total. The molecule has 4 rings (SSSR count). The molecule has 0 fully saturated rings. The van der Waals surface area contributed by atoms with Gasteiger partial charge in [-0.3, -0.25) is 9.48 Å². The predicted molar refractivity (Wildman–Crippen MR) is 109 cm³/mol. The number of para-hydroxylation sites is 1. The molecular weight excluding hydrogens is 354 g/mol. The maximum atomic E-state index is 12.4. The molecule has 0 spiro atoms. The Bertz CT molecular complexity index is 1140. The first kappa shape index (κ1) is 14.6. The molecule has 1 amide bonds. The zero-order chi connectivity index (χ0) is 22.3. The lowest BCUT2D eigenvalue weighted by Crippen LogP contribution is -2.23. The first-order valence-electron chi connectivity index (χ1n) is 10.5. The highest BCUT2D eigenvalue weighted by atomic mass is 16.1. The van der Waals surface area contributed by atoms with Crippen LogP contribution in [-0.2, 0) is 6.54 Å². The van der Waals surface area contributed by atoms with Gasteiger partial charge in [-0.15, -0.1) is 5.10 Å². The molecule has 1 aliphatic rings. The topological polar surface area (TPSA) is 88.0 Å². The van der Waals surface area contributed by atoms with E-state index in [9.17, 15) is 4.79 Å². The van der Waals surface area contributed by atoms with E-state index in [0.29, 0.717) is 12.2 Å². The van der Waals surface area contributed by atoms with Crippen LogP contribution in [0.1, 0.15) is 40.1 Å². The van der Waals surface area contributed by atoms with E-state index in [1.165, 1.54) is 6.20 Å². The van der Waals surface area contributed by atoms with E-state index in [2.05, 4.69) is 40.5 Å². The monoisotopic (exact) mass is 380 g/mol. The standard InChI is InChI=1S/C20H23N7O/c1-12(2)27-11-13-10-26(4)19-14(17(13)25-27)6-5-7-16(19)23-15-8-9-22-24-18(15)20(28)21-3/h5-9,11-12H,10H2,1-4H3,(H,21,28)(H,22,23)/i3D3. The molecule has 1 aromatic carbocycles. The number of carbonyl (C=O) groups excluding carboxylic acids is 1. The van der Waals surface area contributed by atoms with Crippen molar-refractivity contribution >= 4 is 23.0 Å². The van der Waals surface area contributed by atoms with E-state index in [1.54, 1.807) is 6.07 Å². The lowest BCUT2D eigenvalue weighted by molar-refractivity contribution is 0.0958. The molecule has 28 heavy (non-hydrogen) atoms. The van der Waals surface area contributed by atoms with Crippen LogP contribution in [0, 0.1) is 0 Å². The van der Waals surface area contributed by atoms with E-state index in [1.807, 2.05) is 35.2 Å². The quantitative estimate of drug-likeness (QED) is 0.723. The molecule has 0 radical (unpaired) electrons. The van der Waals surface area contributed by atoms with Crippen molar-refractivity contribution in [2.45, 2.75) is 26.4 Å². The summed E-state index contributed by atoms with van der Waals surface area (Å²) in [5, 5.41) is 17.5. The molecule has 144 valence electrons. The predicted octanol–water partition coefficient (Wildman–Crippen LogP) is 2.97. The van der Waals surface area contributed by atoms with Crippen LogP contribution in [0.4, 0.5) is 17.1 Å². The van der Waals surface area contributed by atoms with Crippen molar-refractivity contribution in [3.8, 4) is 11.3 Å². The van der Waals surface area contributed by atoms with Crippen LogP contribution < -0.4 is 15.5 Å². The molecule has 0 atom stereocenters. The Kier molecular flexibility index (Phi) is 3.63. The van der Waals surface area contributed by atoms with E-state index in [4.69, 9.17) is 9.21 Å². The number of rotatable bonds is 4. The number of carbonyl (C=O) groups is 1. The number of aromatic nitrogens is 4. The summed E-state index contributed by atoms with van der Waals surface area (Å²) in [4.78, 5) is 14.5. The zero-order valence-electron chi connectivity index (χ0n) is 18.9. The third kappa shape index (κ3) is 2.96. The molecule has 0 saturated carbocycles. The van der Waals surface area contributed by atoms with E-state index in [-0.39, 0.29) is 11.7 Å². The summed E-state index contributed by atoms with van der Waals surface area (Å²) in [6.45, 7) is 2.24. The third-order valence-corrected chi connectivity index (χ3v) is 4.74. The number of hydrogen-bond acceptors (Lipinski definition) is 6. The number of fused-ring (bicyclic) bond motifs is 3. The second-order valence-corrected chi connectivity index (χ2v) is 7.01. The van der Waals surface area contributed by atoms with E-state index in [0.717, 1.165) is 28.2 Å².